The molecule has 3 aromatic carbocycles. The second-order valence-corrected chi connectivity index (χ2v) is 7.19. The van der Waals surface area contributed by atoms with Gasteiger partial charge >= 0.3 is 0 Å². The maximum atomic E-state index is 6.14. The fraction of sp³-hybridized carbons (Fsp3) is 0.0476. The molecule has 1 heterocycles. The Hall–Kier alpha value is -1.93. The molecule has 0 saturated heterocycles. The van der Waals surface area contributed by atoms with Crippen molar-refractivity contribution in [1.29, 1.82) is 0 Å². The molecule has 1 aromatic heterocycles. The summed E-state index contributed by atoms with van der Waals surface area (Å²) < 4.78 is 2.22. The Balaban J connectivity index is 1.76. The summed E-state index contributed by atoms with van der Waals surface area (Å²) in [5, 5.41) is 3.11. The largest absolute Gasteiger partial charge is 0.343 e. The van der Waals surface area contributed by atoms with E-state index in [-0.39, 0.29) is 0 Å². The van der Waals surface area contributed by atoms with Crippen LogP contribution in [0.1, 0.15) is 5.56 Å². The van der Waals surface area contributed by atoms with Crippen LogP contribution in [-0.4, -0.2) is 4.57 Å². The van der Waals surface area contributed by atoms with Crippen molar-refractivity contribution in [1.82, 2.24) is 4.57 Å². The topological polar surface area (TPSA) is 4.93 Å². The lowest BCUT2D eigenvalue weighted by Crippen LogP contribution is -1.97. The first-order chi connectivity index (χ1) is 12.1. The number of hydrogen-bond acceptors (Lipinski definition) is 0. The first kappa shape index (κ1) is 16.5. The molecule has 0 aliphatic rings. The van der Waals surface area contributed by atoms with Crippen LogP contribution in [0.3, 0.4) is 0 Å². The predicted molar refractivity (Wildman–Crippen MR) is 108 cm³/mol. The maximum absolute atomic E-state index is 6.14. The summed E-state index contributed by atoms with van der Waals surface area (Å²) in [4.78, 5) is 0. The Bertz CT molecular complexity index is 1050. The Labute approximate surface area is 161 Å². The van der Waals surface area contributed by atoms with E-state index in [9.17, 15) is 0 Å². The number of hydrogen-bond donors (Lipinski definition) is 0. The van der Waals surface area contributed by atoms with Crippen LogP contribution in [0.25, 0.3) is 22.0 Å². The summed E-state index contributed by atoms with van der Waals surface area (Å²) in [6.07, 6.45) is 2.10. The number of benzene rings is 3. The SMILES string of the molecule is Clc1ccc(-c2cccc3c2ccn3Cc2ccc(Cl)c(Cl)c2)cc1. The van der Waals surface area contributed by atoms with Crippen molar-refractivity contribution in [3.63, 3.8) is 0 Å². The lowest BCUT2D eigenvalue weighted by Gasteiger charge is -2.09. The molecule has 0 unspecified atom stereocenters. The second kappa shape index (κ2) is 6.76. The molecule has 4 heteroatoms. The number of halogens is 3. The minimum Gasteiger partial charge on any atom is -0.343 e. The second-order valence-electron chi connectivity index (χ2n) is 5.94. The van der Waals surface area contributed by atoms with E-state index in [0.29, 0.717) is 10.0 Å². The zero-order valence-corrected chi connectivity index (χ0v) is 15.5. The highest BCUT2D eigenvalue weighted by Crippen LogP contribution is 2.31. The van der Waals surface area contributed by atoms with Gasteiger partial charge in [-0.1, -0.05) is 65.1 Å². The Morgan fingerprint density at radius 3 is 2.32 bits per heavy atom. The molecule has 0 radical (unpaired) electrons. The fourth-order valence-electron chi connectivity index (χ4n) is 3.08. The van der Waals surface area contributed by atoms with Crippen LogP contribution >= 0.6 is 34.8 Å². The maximum Gasteiger partial charge on any atom is 0.0595 e. The van der Waals surface area contributed by atoms with Crippen molar-refractivity contribution < 1.29 is 0 Å². The summed E-state index contributed by atoms with van der Waals surface area (Å²) >= 11 is 18.2. The van der Waals surface area contributed by atoms with Crippen LogP contribution in [0.5, 0.6) is 0 Å². The summed E-state index contributed by atoms with van der Waals surface area (Å²) in [5.74, 6) is 0. The molecule has 0 aliphatic carbocycles. The molecular weight excluding hydrogens is 373 g/mol. The lowest BCUT2D eigenvalue weighted by molar-refractivity contribution is 0.837. The monoisotopic (exact) mass is 385 g/mol. The molecule has 0 amide bonds. The third-order valence-corrected chi connectivity index (χ3v) is 5.30. The molecule has 0 N–H and O–H groups in total. The van der Waals surface area contributed by atoms with Crippen molar-refractivity contribution in [2.45, 2.75) is 6.54 Å². The first-order valence-corrected chi connectivity index (χ1v) is 9.03. The highest BCUT2D eigenvalue weighted by Gasteiger charge is 2.08. The third kappa shape index (κ3) is 3.28. The number of rotatable bonds is 3. The van der Waals surface area contributed by atoms with Gasteiger partial charge in [-0.25, -0.2) is 0 Å². The molecule has 0 aliphatic heterocycles. The first-order valence-electron chi connectivity index (χ1n) is 7.89. The summed E-state index contributed by atoms with van der Waals surface area (Å²) in [6.45, 7) is 0.741. The van der Waals surface area contributed by atoms with Crippen molar-refractivity contribution in [3.05, 3.63) is 93.6 Å². The molecule has 124 valence electrons. The van der Waals surface area contributed by atoms with E-state index in [4.69, 9.17) is 34.8 Å². The number of nitrogens with zero attached hydrogens (tertiary/aromatic N) is 1. The molecule has 0 spiro atoms. The highest BCUT2D eigenvalue weighted by atomic mass is 35.5. The predicted octanol–water partition coefficient (Wildman–Crippen LogP) is 7.32. The summed E-state index contributed by atoms with van der Waals surface area (Å²) in [7, 11) is 0. The molecule has 0 saturated carbocycles. The van der Waals surface area contributed by atoms with Gasteiger partial charge in [0.1, 0.15) is 0 Å². The summed E-state index contributed by atoms with van der Waals surface area (Å²) in [6, 6.07) is 22.2. The number of aromatic nitrogens is 1. The van der Waals surface area contributed by atoms with E-state index in [0.717, 1.165) is 22.7 Å². The van der Waals surface area contributed by atoms with Crippen LogP contribution in [-0.2, 0) is 6.54 Å². The van der Waals surface area contributed by atoms with Crippen LogP contribution in [0.2, 0.25) is 15.1 Å². The van der Waals surface area contributed by atoms with Crippen LogP contribution in [0, 0.1) is 0 Å². The van der Waals surface area contributed by atoms with Gasteiger partial charge < -0.3 is 4.57 Å². The molecule has 0 bridgehead atoms. The minimum atomic E-state index is 0.577. The zero-order valence-electron chi connectivity index (χ0n) is 13.2. The van der Waals surface area contributed by atoms with Crippen molar-refractivity contribution in [2.24, 2.45) is 0 Å². The van der Waals surface area contributed by atoms with Gasteiger partial charge in [0.05, 0.1) is 10.0 Å². The molecular formula is C21H14Cl3N. The molecule has 25 heavy (non-hydrogen) atoms. The van der Waals surface area contributed by atoms with Crippen LogP contribution < -0.4 is 0 Å². The van der Waals surface area contributed by atoms with Crippen molar-refractivity contribution >= 4 is 45.7 Å². The molecule has 1 nitrogen and oxygen atoms in total. The third-order valence-electron chi connectivity index (χ3n) is 4.31. The van der Waals surface area contributed by atoms with E-state index in [1.807, 2.05) is 42.5 Å². The fourth-order valence-corrected chi connectivity index (χ4v) is 3.52. The molecule has 0 fully saturated rings. The standard InChI is InChI=1S/C21H14Cl3N/c22-16-7-5-15(6-8-16)17-2-1-3-21-18(17)10-11-25(21)13-14-4-9-19(23)20(24)12-14/h1-12H,13H2. The molecule has 4 aromatic rings. The lowest BCUT2D eigenvalue weighted by atomic mass is 10.0. The Morgan fingerprint density at radius 1 is 0.760 bits per heavy atom. The highest BCUT2D eigenvalue weighted by molar-refractivity contribution is 6.42. The zero-order chi connectivity index (χ0) is 17.4. The van der Waals surface area contributed by atoms with Crippen LogP contribution in [0.15, 0.2) is 72.9 Å². The van der Waals surface area contributed by atoms with Gasteiger partial charge in [-0.2, -0.15) is 0 Å². The van der Waals surface area contributed by atoms with E-state index in [2.05, 4.69) is 35.0 Å². The Morgan fingerprint density at radius 2 is 1.56 bits per heavy atom. The van der Waals surface area contributed by atoms with Gasteiger partial charge in [-0.3, -0.25) is 0 Å². The average molecular weight is 387 g/mol. The smallest absolute Gasteiger partial charge is 0.0595 e. The van der Waals surface area contributed by atoms with Crippen LogP contribution in [0.4, 0.5) is 0 Å². The van der Waals surface area contributed by atoms with Crippen molar-refractivity contribution in [3.8, 4) is 11.1 Å². The van der Waals surface area contributed by atoms with Gasteiger partial charge in [-0.15, -0.1) is 0 Å². The van der Waals surface area contributed by atoms with Gasteiger partial charge in [-0.05, 0) is 53.1 Å². The van der Waals surface area contributed by atoms with Gasteiger partial charge in [0.25, 0.3) is 0 Å². The Kier molecular flexibility index (Phi) is 4.47. The minimum absolute atomic E-state index is 0.577. The number of fused-ring (bicyclic) bond motifs is 1. The van der Waals surface area contributed by atoms with Gasteiger partial charge in [0, 0.05) is 28.7 Å². The van der Waals surface area contributed by atoms with Crippen molar-refractivity contribution in [2.75, 3.05) is 0 Å². The normalized spacial score (nSPS) is 11.2. The van der Waals surface area contributed by atoms with Gasteiger partial charge in [0.15, 0.2) is 0 Å². The van der Waals surface area contributed by atoms with E-state index >= 15 is 0 Å². The van der Waals surface area contributed by atoms with E-state index < -0.39 is 0 Å². The average Bonchev–Trinajstić information content (AvgIpc) is 3.02. The quantitative estimate of drug-likeness (QED) is 0.347. The van der Waals surface area contributed by atoms with E-state index in [1.165, 1.54) is 16.5 Å². The molecule has 0 atom stereocenters. The van der Waals surface area contributed by atoms with E-state index in [1.54, 1.807) is 0 Å². The molecule has 4 rings (SSSR count). The van der Waals surface area contributed by atoms with Gasteiger partial charge in [0.2, 0.25) is 0 Å². The summed E-state index contributed by atoms with van der Waals surface area (Å²) in [5.41, 5.74) is 4.65.